The number of thiophene rings is 1. The van der Waals surface area contributed by atoms with Crippen LogP contribution in [0.5, 0.6) is 0 Å². The minimum Gasteiger partial charge on any atom is -0.388 e. The van der Waals surface area contributed by atoms with Gasteiger partial charge >= 0.3 is 0 Å². The number of benzene rings is 1. The van der Waals surface area contributed by atoms with Crippen LogP contribution >= 0.6 is 22.9 Å². The van der Waals surface area contributed by atoms with Gasteiger partial charge in [0.1, 0.15) is 4.83 Å². The highest BCUT2D eigenvalue weighted by Gasteiger charge is 2.29. The lowest BCUT2D eigenvalue weighted by Gasteiger charge is -2.34. The van der Waals surface area contributed by atoms with Crippen molar-refractivity contribution >= 4 is 45.1 Å². The molecule has 0 saturated heterocycles. The van der Waals surface area contributed by atoms with Gasteiger partial charge in [0, 0.05) is 41.8 Å². The zero-order valence-corrected chi connectivity index (χ0v) is 28.0. The zero-order chi connectivity index (χ0) is 30.8. The number of carbonyl (C=O) groups is 1. The summed E-state index contributed by atoms with van der Waals surface area (Å²) >= 11 is 2.94. The van der Waals surface area contributed by atoms with Crippen LogP contribution in [-0.4, -0.2) is 48.0 Å². The monoisotopic (exact) mass is 598 g/mol. The van der Waals surface area contributed by atoms with E-state index in [0.717, 1.165) is 64.6 Å². The lowest BCUT2D eigenvalue weighted by Crippen LogP contribution is -2.27. The Balaban J connectivity index is 0.000000316. The van der Waals surface area contributed by atoms with Crippen molar-refractivity contribution < 1.29 is 4.79 Å². The van der Waals surface area contributed by atoms with E-state index in [1.165, 1.54) is 45.4 Å². The van der Waals surface area contributed by atoms with E-state index in [0.29, 0.717) is 5.41 Å². The molecule has 1 unspecified atom stereocenters. The normalized spacial score (nSPS) is 13.5. The number of likely N-dealkylation sites (N-methyl/N-ethyl adjacent to an activating group) is 1. The van der Waals surface area contributed by atoms with E-state index in [1.54, 1.807) is 0 Å². The second-order valence-electron chi connectivity index (χ2n) is 10.5. The number of aldehydes is 1. The number of carbonyl (C=O) groups excluding carboxylic acids is 1. The molecule has 0 aliphatic heterocycles. The van der Waals surface area contributed by atoms with Gasteiger partial charge in [-0.3, -0.25) is 4.79 Å². The van der Waals surface area contributed by atoms with Gasteiger partial charge in [-0.25, -0.2) is 4.98 Å². The number of hydrogen-bond acceptors (Lipinski definition) is 9. The van der Waals surface area contributed by atoms with Crippen molar-refractivity contribution in [1.82, 2.24) is 19.9 Å². The molecule has 0 spiro atoms. The highest BCUT2D eigenvalue weighted by molar-refractivity contribution is 7.20. The molecule has 3 heterocycles. The summed E-state index contributed by atoms with van der Waals surface area (Å²) in [7, 11) is 3.79. The van der Waals surface area contributed by atoms with Crippen molar-refractivity contribution in [3.8, 4) is 0 Å². The summed E-state index contributed by atoms with van der Waals surface area (Å²) in [5.41, 5.74) is 10.3. The Morgan fingerprint density at radius 3 is 2.20 bits per heavy atom. The topological polar surface area (TPSA) is 106 Å². The number of anilines is 1. The average Bonchev–Trinajstić information content (AvgIpc) is 3.57. The van der Waals surface area contributed by atoms with Crippen LogP contribution in [0.2, 0.25) is 0 Å². The molecule has 0 bridgehead atoms. The van der Waals surface area contributed by atoms with Crippen LogP contribution in [-0.2, 0) is 12.8 Å². The Bertz CT molecular complexity index is 1250. The Labute approximate surface area is 255 Å². The standard InChI is InChI=1S/C16H19NOS.C7H9N.C4H6N2S.C3H10N2.C2H6/c1-16(2,3)12-4-5-14-10(7-12)6-11-8-13(9-18)19-15(11)17-14;1-8-7-5-3-2-4-6-7;1-3-4(2)7-6-5-3;1-5-3-2-4;1-2/h6,8-9,12H,4-5,7H2,1-3H3;2-6,8H,1H3;1-2H3;5H,2-4H2,1H3;1-2H3. The van der Waals surface area contributed by atoms with Gasteiger partial charge in [0.2, 0.25) is 0 Å². The van der Waals surface area contributed by atoms with Gasteiger partial charge < -0.3 is 16.4 Å². The molecule has 1 aliphatic carbocycles. The second kappa shape index (κ2) is 19.4. The Morgan fingerprint density at radius 1 is 1.10 bits per heavy atom. The summed E-state index contributed by atoms with van der Waals surface area (Å²) < 4.78 is 3.71. The molecular weight excluding hydrogens is 549 g/mol. The fourth-order valence-corrected chi connectivity index (χ4v) is 5.28. The van der Waals surface area contributed by atoms with Gasteiger partial charge in [0.25, 0.3) is 0 Å². The number of aromatic nitrogens is 3. The van der Waals surface area contributed by atoms with E-state index < -0.39 is 0 Å². The molecular formula is C32H50N6OS2. The molecule has 4 aromatic rings. The third-order valence-electron chi connectivity index (χ3n) is 6.57. The Morgan fingerprint density at radius 2 is 1.78 bits per heavy atom. The van der Waals surface area contributed by atoms with Crippen LogP contribution in [0, 0.1) is 25.2 Å². The van der Waals surface area contributed by atoms with Gasteiger partial charge in [0.15, 0.2) is 6.29 Å². The number of nitrogens with two attached hydrogens (primary N) is 1. The molecule has 0 radical (unpaired) electrons. The van der Waals surface area contributed by atoms with Crippen molar-refractivity contribution in [1.29, 1.82) is 0 Å². The molecule has 0 fully saturated rings. The average molecular weight is 599 g/mol. The van der Waals surface area contributed by atoms with Gasteiger partial charge in [0.05, 0.1) is 10.6 Å². The summed E-state index contributed by atoms with van der Waals surface area (Å²) in [5, 5.41) is 10.8. The summed E-state index contributed by atoms with van der Waals surface area (Å²) in [6.45, 7) is 16.6. The maximum atomic E-state index is 10.9. The summed E-state index contributed by atoms with van der Waals surface area (Å²) in [6.07, 6.45) is 4.33. The van der Waals surface area contributed by atoms with Crippen LogP contribution in [0.15, 0.2) is 42.5 Å². The largest absolute Gasteiger partial charge is 0.388 e. The van der Waals surface area contributed by atoms with Crippen molar-refractivity contribution in [2.75, 3.05) is 32.5 Å². The fraction of sp³-hybridized carbons (Fsp3) is 0.500. The predicted octanol–water partition coefficient (Wildman–Crippen LogP) is 7.33. The molecule has 5 rings (SSSR count). The number of fused-ring (bicyclic) bond motifs is 2. The van der Waals surface area contributed by atoms with Crippen molar-refractivity contribution in [2.24, 2.45) is 17.1 Å². The molecule has 4 N–H and O–H groups in total. The molecule has 1 atom stereocenters. The van der Waals surface area contributed by atoms with E-state index in [1.807, 2.05) is 78.2 Å². The SMILES string of the molecule is CC.CC(C)(C)C1CCc2nc3sc(C=O)cc3cc2C1.CNCCN.CNc1ccccc1.Cc1nnsc1C. The third kappa shape index (κ3) is 12.8. The first-order chi connectivity index (χ1) is 19.6. The van der Waals surface area contributed by atoms with Crippen LogP contribution in [0.4, 0.5) is 5.69 Å². The predicted molar refractivity (Wildman–Crippen MR) is 180 cm³/mol. The first-order valence-electron chi connectivity index (χ1n) is 14.3. The molecule has 0 amide bonds. The quantitative estimate of drug-likeness (QED) is 0.211. The summed E-state index contributed by atoms with van der Waals surface area (Å²) in [6, 6.07) is 14.3. The number of rotatable bonds is 4. The van der Waals surface area contributed by atoms with E-state index in [-0.39, 0.29) is 0 Å². The highest BCUT2D eigenvalue weighted by atomic mass is 32.1. The molecule has 226 valence electrons. The lowest BCUT2D eigenvalue weighted by molar-refractivity contribution is 0.112. The van der Waals surface area contributed by atoms with E-state index >= 15 is 0 Å². The van der Waals surface area contributed by atoms with Gasteiger partial charge in [-0.15, -0.1) is 16.4 Å². The van der Waals surface area contributed by atoms with Crippen molar-refractivity contribution in [2.45, 2.75) is 67.7 Å². The van der Waals surface area contributed by atoms with Crippen LogP contribution in [0.25, 0.3) is 10.2 Å². The number of aryl methyl sites for hydroxylation is 3. The van der Waals surface area contributed by atoms with Gasteiger partial charge in [-0.2, -0.15) is 0 Å². The molecule has 3 aromatic heterocycles. The van der Waals surface area contributed by atoms with Crippen LogP contribution in [0.1, 0.15) is 72.5 Å². The fourth-order valence-electron chi connectivity index (χ4n) is 3.97. The molecule has 41 heavy (non-hydrogen) atoms. The minimum atomic E-state index is 0.356. The molecule has 0 saturated carbocycles. The third-order valence-corrected chi connectivity index (χ3v) is 8.27. The second-order valence-corrected chi connectivity index (χ2v) is 12.5. The van der Waals surface area contributed by atoms with E-state index in [4.69, 9.17) is 10.7 Å². The Kier molecular flexibility index (Phi) is 17.2. The van der Waals surface area contributed by atoms with Gasteiger partial charge in [-0.1, -0.05) is 57.3 Å². The van der Waals surface area contributed by atoms with E-state index in [2.05, 4.69) is 47.1 Å². The number of pyridine rings is 1. The number of hydrogen-bond donors (Lipinski definition) is 3. The van der Waals surface area contributed by atoms with Crippen molar-refractivity contribution in [3.63, 3.8) is 0 Å². The number of nitrogens with zero attached hydrogens (tertiary/aromatic N) is 3. The maximum absolute atomic E-state index is 10.9. The summed E-state index contributed by atoms with van der Waals surface area (Å²) in [5.74, 6) is 0.725. The van der Waals surface area contributed by atoms with Gasteiger partial charge in [-0.05, 0) is 92.9 Å². The molecule has 1 aromatic carbocycles. The lowest BCUT2D eigenvalue weighted by atomic mass is 9.71. The summed E-state index contributed by atoms with van der Waals surface area (Å²) in [4.78, 5) is 18.6. The van der Waals surface area contributed by atoms with Crippen LogP contribution in [0.3, 0.4) is 0 Å². The smallest absolute Gasteiger partial charge is 0.160 e. The maximum Gasteiger partial charge on any atom is 0.160 e. The number of para-hydroxylation sites is 1. The molecule has 9 heteroatoms. The van der Waals surface area contributed by atoms with Crippen LogP contribution < -0.4 is 16.4 Å². The van der Waals surface area contributed by atoms with Crippen molar-refractivity contribution in [3.05, 3.63) is 69.2 Å². The molecule has 1 aliphatic rings. The highest BCUT2D eigenvalue weighted by Crippen LogP contribution is 2.38. The first-order valence-corrected chi connectivity index (χ1v) is 15.9. The number of nitrogens with one attached hydrogen (secondary N) is 2. The zero-order valence-electron chi connectivity index (χ0n) is 26.4. The minimum absolute atomic E-state index is 0.356. The Hall–Kier alpha value is -2.72. The first kappa shape index (κ1) is 36.3. The van der Waals surface area contributed by atoms with E-state index in [9.17, 15) is 4.79 Å². The molecule has 7 nitrogen and oxygen atoms in total.